The van der Waals surface area contributed by atoms with Crippen molar-refractivity contribution in [2.45, 2.75) is 267 Å². The zero-order valence-corrected chi connectivity index (χ0v) is 69.1. The summed E-state index contributed by atoms with van der Waals surface area (Å²) in [5.74, 6) is 4.72. The van der Waals surface area contributed by atoms with E-state index in [0.29, 0.717) is 103 Å². The standard InChI is InChI=1S/C15H22N2O2.C14H15N5O2.C13H21N3O2.C11H16N4O.2C11H17N3O2.3C2H6/c1-10(2)17-13-8-12(9-16-13)15(19)14(18)11-6-4-3-5-7-11;1-8(2)19-11-5-9(6-16-11)14(20)21-13-12-10(3-4-15-12)17-7-18-13;1-8(2)15-12-6-9(7-14-12)13(18)16-10-4-3-5-11(10)17;1-4-9-14-11(16-15-9)8-5-10(12-6-8)13-7(2)3;2*1-12-10-5-7(6-13-10)11(16)14-8-3-2-4-9(8)15;3*1-2/h8,10-11H,3-7,9H2,1-2H3,(H,16,17);4-5,7-8H,3,6H2,1-2H3,(H,16,19);6,8,10-11,17H,3-5,7H2,1-2H3,(H,14,15)(H,16,18);5,7H,4,6H2,1-3H3,(H,12,13);2*5,8-9,15H,2-4,6H2,1H3,(H,12,13)(H,14,16);3*1-2H3/t;;10-,11-;;2*8-,9+;;;/m..0.10.../s1. The highest BCUT2D eigenvalue weighted by atomic mass is 16.5. The predicted molar refractivity (Wildman–Crippen MR) is 443 cm³/mol. The molecule has 0 saturated heterocycles. The molecule has 4 saturated carbocycles. The largest absolute Gasteiger partial charge is 0.402 e. The minimum atomic E-state index is -0.456. The Morgan fingerprint density at radius 3 is 1.38 bits per heavy atom. The van der Waals surface area contributed by atoms with E-state index in [9.17, 15) is 44.1 Å². The van der Waals surface area contributed by atoms with Crippen LogP contribution in [0.5, 0.6) is 5.88 Å². The summed E-state index contributed by atoms with van der Waals surface area (Å²) in [5.41, 5.74) is 5.34. The Labute approximate surface area is 661 Å². The van der Waals surface area contributed by atoms with Gasteiger partial charge in [-0.25, -0.2) is 9.78 Å². The highest BCUT2D eigenvalue weighted by molar-refractivity contribution is 6.45. The number of aryl methyl sites for hydroxylation is 1. The third-order valence-corrected chi connectivity index (χ3v) is 18.3. The summed E-state index contributed by atoms with van der Waals surface area (Å²) in [6.07, 6.45) is 26.9. The summed E-state index contributed by atoms with van der Waals surface area (Å²) in [6.45, 7) is 33.0. The topological polar surface area (TPSA) is 432 Å². The van der Waals surface area contributed by atoms with Gasteiger partial charge >= 0.3 is 5.97 Å². The summed E-state index contributed by atoms with van der Waals surface area (Å²) in [6, 6.07) is 0.947. The molecule has 2 aromatic heterocycles. The minimum absolute atomic E-state index is 0.0516. The number of amides is 3. The number of carbonyl (C=O) groups excluding carboxylic acids is 6. The number of esters is 1. The first kappa shape index (κ1) is 92.9. The Morgan fingerprint density at radius 1 is 0.527 bits per heavy atom. The van der Waals surface area contributed by atoms with Crippen molar-refractivity contribution in [1.29, 1.82) is 0 Å². The molecule has 9 heterocycles. The van der Waals surface area contributed by atoms with Gasteiger partial charge in [0.1, 0.15) is 47.0 Å². The normalized spacial score (nSPS) is 22.0. The highest BCUT2D eigenvalue weighted by Crippen LogP contribution is 2.32. The van der Waals surface area contributed by atoms with Crippen LogP contribution in [0.2, 0.25) is 0 Å². The minimum Gasteiger partial charge on any atom is -0.402 e. The van der Waals surface area contributed by atoms with E-state index in [-0.39, 0.29) is 71.3 Å². The molecule has 11 aliphatic rings. The molecule has 2 aromatic rings. The van der Waals surface area contributed by atoms with Crippen LogP contribution in [-0.4, -0.2) is 226 Å². The number of Topliss-reactive ketones (excluding diaryl/α,β-unsaturated/α-hetero) is 2. The molecule has 0 aromatic carbocycles. The smallest absolute Gasteiger partial charge is 0.342 e. The lowest BCUT2D eigenvalue weighted by Crippen LogP contribution is -2.41. The van der Waals surface area contributed by atoms with E-state index in [2.05, 4.69) is 117 Å². The number of hydrogen-bond acceptors (Lipinski definition) is 26. The second-order valence-electron chi connectivity index (χ2n) is 28.5. The lowest BCUT2D eigenvalue weighted by atomic mass is 9.84. The quantitative estimate of drug-likeness (QED) is 0.0559. The number of hydrogen-bond donors (Lipinski definition) is 12. The number of rotatable bonds is 17. The third-order valence-electron chi connectivity index (χ3n) is 18.3. The van der Waals surface area contributed by atoms with Crippen molar-refractivity contribution in [3.8, 4) is 5.88 Å². The van der Waals surface area contributed by atoms with Crippen LogP contribution in [0.4, 0.5) is 5.69 Å². The monoisotopic (exact) mass is 1550 g/mol. The summed E-state index contributed by atoms with van der Waals surface area (Å²) in [7, 11) is 3.36. The van der Waals surface area contributed by atoms with Crippen LogP contribution in [0, 0.1) is 5.92 Å². The molecular weight excluding hydrogens is 1430 g/mol. The molecule has 0 bridgehead atoms. The molecule has 616 valence electrons. The lowest BCUT2D eigenvalue weighted by molar-refractivity contribution is -0.137. The number of carbonyl (C=O) groups is 6. The number of ketones is 2. The van der Waals surface area contributed by atoms with E-state index in [1.807, 2.05) is 96.1 Å². The molecule has 12 N–H and O–H groups in total. The number of aliphatic hydroxyl groups is 3. The molecule has 0 spiro atoms. The van der Waals surface area contributed by atoms with Gasteiger partial charge in [-0.05, 0) is 162 Å². The van der Waals surface area contributed by atoms with E-state index in [0.717, 1.165) is 136 Å². The second kappa shape index (κ2) is 48.9. The summed E-state index contributed by atoms with van der Waals surface area (Å²) < 4.78 is 10.5. The summed E-state index contributed by atoms with van der Waals surface area (Å²) >= 11 is 0. The highest BCUT2D eigenvalue weighted by Gasteiger charge is 2.33. The third kappa shape index (κ3) is 30.1. The van der Waals surface area contributed by atoms with Gasteiger partial charge in [0.25, 0.3) is 11.8 Å². The van der Waals surface area contributed by atoms with Crippen molar-refractivity contribution >= 4 is 87.7 Å². The van der Waals surface area contributed by atoms with E-state index in [1.165, 1.54) is 12.7 Å². The average molecular weight is 1560 g/mol. The molecule has 31 heteroatoms. The van der Waals surface area contributed by atoms with Crippen molar-refractivity contribution in [2.75, 3.05) is 53.4 Å². The first-order chi connectivity index (χ1) is 53.9. The van der Waals surface area contributed by atoms with Crippen LogP contribution in [0.3, 0.4) is 0 Å². The fourth-order valence-electron chi connectivity index (χ4n) is 12.7. The number of amidine groups is 6. The fraction of sp³-hybridized carbons (Fsp3) is 0.617. The van der Waals surface area contributed by atoms with Gasteiger partial charge in [-0.15, -0.1) is 0 Å². The number of aliphatic imine (C=N–C) groups is 7. The molecule has 3 amide bonds. The van der Waals surface area contributed by atoms with E-state index in [1.54, 1.807) is 50.7 Å². The van der Waals surface area contributed by atoms with Gasteiger partial charge in [0.15, 0.2) is 5.82 Å². The van der Waals surface area contributed by atoms with E-state index < -0.39 is 24.3 Å². The van der Waals surface area contributed by atoms with Crippen LogP contribution < -0.4 is 52.6 Å². The molecule has 0 unspecified atom stereocenters. The zero-order chi connectivity index (χ0) is 82.4. The fourth-order valence-corrected chi connectivity index (χ4v) is 12.7. The molecule has 0 radical (unpaired) electrons. The number of ether oxygens (including phenoxy) is 1. The molecule has 13 rings (SSSR count). The first-order valence-electron chi connectivity index (χ1n) is 40.2. The maximum absolute atomic E-state index is 12.2. The maximum atomic E-state index is 12.2. The van der Waals surface area contributed by atoms with Gasteiger partial charge in [0, 0.05) is 104 Å². The molecule has 4 aliphatic carbocycles. The zero-order valence-electron chi connectivity index (χ0n) is 69.1. The molecular formula is C81H126N20O11. The Balaban J connectivity index is 0.000000238. The van der Waals surface area contributed by atoms with Crippen molar-refractivity contribution < 1.29 is 53.3 Å². The Hall–Kier alpha value is -9.75. The number of nitrogens with zero attached hydrogens (tertiary/aromatic N) is 11. The van der Waals surface area contributed by atoms with Gasteiger partial charge in [0.2, 0.25) is 29.3 Å². The number of aromatic nitrogens is 4. The first-order valence-corrected chi connectivity index (χ1v) is 40.2. The number of nitrogens with one attached hydrogen (secondary N) is 9. The molecule has 112 heavy (non-hydrogen) atoms. The average Bonchev–Trinajstić information content (AvgIpc) is 1.70. The van der Waals surface area contributed by atoms with Crippen LogP contribution in [-0.2, 0) is 41.6 Å². The Kier molecular flexibility index (Phi) is 40.5. The summed E-state index contributed by atoms with van der Waals surface area (Å²) in [4.78, 5) is 114. The Morgan fingerprint density at radius 2 is 0.955 bits per heavy atom. The predicted octanol–water partition coefficient (Wildman–Crippen LogP) is 7.02. The van der Waals surface area contributed by atoms with Gasteiger partial charge in [-0.3, -0.25) is 58.9 Å². The van der Waals surface area contributed by atoms with Crippen LogP contribution in [0.25, 0.3) is 5.57 Å². The number of fused-ring (bicyclic) bond motifs is 1. The molecule has 7 aliphatic heterocycles. The van der Waals surface area contributed by atoms with Gasteiger partial charge in [0.05, 0.1) is 73.9 Å². The van der Waals surface area contributed by atoms with Crippen LogP contribution in [0.1, 0.15) is 211 Å². The van der Waals surface area contributed by atoms with Gasteiger partial charge in [-0.2, -0.15) is 9.97 Å². The summed E-state index contributed by atoms with van der Waals surface area (Å²) in [5, 5.41) is 60.1. The SMILES string of the molecule is CC.CC.CC.CC(C)NC1=NCC(C(=O)C(=O)C2CCCCC2)=C1.CC(C)NC1=NCC(C(=O)N[C@H]2CCC[C@@H]2O)=C1.CC(C)NC1=NCC(C(=O)Oc2ncnc3c2N=CC3)=C1.CCc1noc(C2=CC(NC(C)C)=NC2)n1.CN=C1C=C(C(=O)N[C@@H]2CCC[C@@H]2O)CN1.CN=C1C=C(C(=O)N[C@H]2CCC[C@H]2O)CN1. The van der Waals surface area contributed by atoms with Crippen LogP contribution in [0.15, 0.2) is 110 Å². The molecule has 6 atom stereocenters. The number of aliphatic hydroxyl groups excluding tert-OH is 3. The van der Waals surface area contributed by atoms with Crippen molar-refractivity contribution in [3.05, 3.63) is 88.1 Å². The lowest BCUT2D eigenvalue weighted by Gasteiger charge is -2.19. The van der Waals surface area contributed by atoms with Crippen molar-refractivity contribution in [3.63, 3.8) is 0 Å². The molecule has 4 fully saturated rings. The second-order valence-corrected chi connectivity index (χ2v) is 28.5. The van der Waals surface area contributed by atoms with Crippen molar-refractivity contribution in [2.24, 2.45) is 40.9 Å². The van der Waals surface area contributed by atoms with Crippen molar-refractivity contribution in [1.82, 2.24) is 68.0 Å². The van der Waals surface area contributed by atoms with Gasteiger partial charge in [-0.1, -0.05) is 72.9 Å². The molecule has 31 nitrogen and oxygen atoms in total. The van der Waals surface area contributed by atoms with E-state index in [4.69, 9.17) is 9.26 Å². The Bertz CT molecular complexity index is 3820. The maximum Gasteiger partial charge on any atom is 0.342 e. The van der Waals surface area contributed by atoms with Gasteiger partial charge < -0.3 is 72.4 Å². The van der Waals surface area contributed by atoms with Crippen LogP contribution >= 0.6 is 0 Å². The van der Waals surface area contributed by atoms with E-state index >= 15 is 0 Å².